The van der Waals surface area contributed by atoms with Crippen LogP contribution >= 0.6 is 0 Å². The lowest BCUT2D eigenvalue weighted by Crippen LogP contribution is -2.57. The maximum Gasteiger partial charge on any atom is 0.161 e. The largest absolute Gasteiger partial charge is 0.493 e. The Bertz CT molecular complexity index is 673. The number of rotatable bonds is 2. The molecule has 3 N–H and O–H groups in total. The highest BCUT2D eigenvalue weighted by Gasteiger charge is 2.52. The minimum Gasteiger partial charge on any atom is -0.493 e. The van der Waals surface area contributed by atoms with Gasteiger partial charge in [-0.05, 0) is 28.8 Å². The van der Waals surface area contributed by atoms with Gasteiger partial charge in [-0.2, -0.15) is 0 Å². The van der Waals surface area contributed by atoms with Gasteiger partial charge in [-0.3, -0.25) is 4.90 Å². The first kappa shape index (κ1) is 15.0. The van der Waals surface area contributed by atoms with Gasteiger partial charge in [-0.15, -0.1) is 0 Å². The molecule has 3 aliphatic rings. The Labute approximate surface area is 134 Å². The number of benzene rings is 1. The number of ether oxygens (including phenoxy) is 2. The number of aliphatic hydroxyl groups is 3. The van der Waals surface area contributed by atoms with Gasteiger partial charge in [0, 0.05) is 25.0 Å². The Morgan fingerprint density at radius 3 is 2.43 bits per heavy atom. The summed E-state index contributed by atoms with van der Waals surface area (Å²) in [5, 5.41) is 31.1. The average molecular weight is 319 g/mol. The summed E-state index contributed by atoms with van der Waals surface area (Å²) in [6, 6.07) is 3.75. The zero-order valence-corrected chi connectivity index (χ0v) is 13.1. The van der Waals surface area contributed by atoms with Crippen LogP contribution in [0, 0.1) is 0 Å². The van der Waals surface area contributed by atoms with Crippen LogP contribution in [0.5, 0.6) is 11.5 Å². The van der Waals surface area contributed by atoms with Crippen LogP contribution in [-0.2, 0) is 6.54 Å². The van der Waals surface area contributed by atoms with E-state index < -0.39 is 18.3 Å². The van der Waals surface area contributed by atoms with Crippen LogP contribution in [0.3, 0.4) is 0 Å². The molecule has 0 aromatic heterocycles. The van der Waals surface area contributed by atoms with E-state index >= 15 is 0 Å². The van der Waals surface area contributed by atoms with Crippen molar-refractivity contribution in [2.24, 2.45) is 0 Å². The van der Waals surface area contributed by atoms with Gasteiger partial charge < -0.3 is 24.8 Å². The second kappa shape index (κ2) is 5.21. The third-order valence-corrected chi connectivity index (χ3v) is 5.40. The van der Waals surface area contributed by atoms with E-state index in [-0.39, 0.29) is 12.0 Å². The van der Waals surface area contributed by atoms with Crippen molar-refractivity contribution in [3.05, 3.63) is 34.9 Å². The molecule has 1 aliphatic carbocycles. The second-order valence-electron chi connectivity index (χ2n) is 6.44. The molecule has 5 atom stereocenters. The van der Waals surface area contributed by atoms with E-state index in [2.05, 4.69) is 4.90 Å². The van der Waals surface area contributed by atoms with E-state index in [0.717, 1.165) is 16.7 Å². The monoisotopic (exact) mass is 319 g/mol. The SMILES string of the molecule is COc1cc2c(cc1OC)C1[C@@H](O)[C@@H](O)[C@H](O)C3=CCN(C2)[C@H]31. The second-order valence-corrected chi connectivity index (χ2v) is 6.44. The van der Waals surface area contributed by atoms with Crippen LogP contribution in [-0.4, -0.2) is 65.3 Å². The molecule has 1 fully saturated rings. The van der Waals surface area contributed by atoms with Crippen molar-refractivity contribution in [3.8, 4) is 11.5 Å². The minimum absolute atomic E-state index is 0.0750. The summed E-state index contributed by atoms with van der Waals surface area (Å²) < 4.78 is 10.8. The highest BCUT2D eigenvalue weighted by Crippen LogP contribution is 2.49. The van der Waals surface area contributed by atoms with Crippen molar-refractivity contribution in [2.45, 2.75) is 36.8 Å². The first-order valence-corrected chi connectivity index (χ1v) is 7.79. The highest BCUT2D eigenvalue weighted by molar-refractivity contribution is 5.53. The predicted molar refractivity (Wildman–Crippen MR) is 82.6 cm³/mol. The molecule has 1 saturated carbocycles. The molecule has 0 saturated heterocycles. The standard InChI is InChI=1S/C17H21NO5/c1-22-11-5-8-7-18-4-3-9-14(18)13(10(8)6-12(11)23-2)16(20)17(21)15(9)19/h3,5-6,13-17,19-21H,4,7H2,1-2H3/t13?,14-,15-,16-,17+/m1/s1. The van der Waals surface area contributed by atoms with Crippen molar-refractivity contribution in [1.29, 1.82) is 0 Å². The fraction of sp³-hybridized carbons (Fsp3) is 0.529. The topological polar surface area (TPSA) is 82.4 Å². The van der Waals surface area contributed by atoms with E-state index in [9.17, 15) is 15.3 Å². The molecule has 1 unspecified atom stereocenters. The number of nitrogens with zero attached hydrogens (tertiary/aromatic N) is 1. The lowest BCUT2D eigenvalue weighted by molar-refractivity contribution is -0.0903. The quantitative estimate of drug-likeness (QED) is 0.666. The maximum atomic E-state index is 10.6. The van der Waals surface area contributed by atoms with Crippen molar-refractivity contribution in [1.82, 2.24) is 4.90 Å². The third kappa shape index (κ3) is 1.96. The summed E-state index contributed by atoms with van der Waals surface area (Å²) in [7, 11) is 3.18. The predicted octanol–water partition coefficient (Wildman–Crippen LogP) is 0.00790. The van der Waals surface area contributed by atoms with E-state index in [0.29, 0.717) is 24.6 Å². The Morgan fingerprint density at radius 2 is 1.74 bits per heavy atom. The lowest BCUT2D eigenvalue weighted by atomic mass is 9.70. The fourth-order valence-electron chi connectivity index (χ4n) is 4.30. The van der Waals surface area contributed by atoms with Crippen molar-refractivity contribution in [3.63, 3.8) is 0 Å². The van der Waals surface area contributed by atoms with Gasteiger partial charge in [0.15, 0.2) is 11.5 Å². The Kier molecular flexibility index (Phi) is 3.39. The van der Waals surface area contributed by atoms with Crippen LogP contribution < -0.4 is 9.47 Å². The smallest absolute Gasteiger partial charge is 0.161 e. The van der Waals surface area contributed by atoms with E-state index in [1.165, 1.54) is 0 Å². The molecule has 6 nitrogen and oxygen atoms in total. The van der Waals surface area contributed by atoms with Crippen LogP contribution in [0.25, 0.3) is 0 Å². The Balaban J connectivity index is 1.86. The molecule has 1 aromatic carbocycles. The van der Waals surface area contributed by atoms with E-state index in [1.54, 1.807) is 14.2 Å². The summed E-state index contributed by atoms with van der Waals surface area (Å²) in [6.45, 7) is 1.42. The number of aliphatic hydroxyl groups excluding tert-OH is 3. The Morgan fingerprint density at radius 1 is 1.04 bits per heavy atom. The summed E-state index contributed by atoms with van der Waals surface area (Å²) in [5.74, 6) is 0.977. The minimum atomic E-state index is -1.18. The average Bonchev–Trinajstić information content (AvgIpc) is 2.99. The molecule has 2 aliphatic heterocycles. The first-order chi connectivity index (χ1) is 11.1. The summed E-state index contributed by atoms with van der Waals surface area (Å²) in [6.07, 6.45) is -1.23. The molecule has 23 heavy (non-hydrogen) atoms. The van der Waals surface area contributed by atoms with Crippen LogP contribution in [0.4, 0.5) is 0 Å². The maximum absolute atomic E-state index is 10.6. The van der Waals surface area contributed by atoms with Gasteiger partial charge in [0.2, 0.25) is 0 Å². The zero-order valence-electron chi connectivity index (χ0n) is 13.1. The zero-order chi connectivity index (χ0) is 16.3. The molecule has 6 heteroatoms. The molecular formula is C17H21NO5. The number of hydrogen-bond donors (Lipinski definition) is 3. The molecule has 0 amide bonds. The van der Waals surface area contributed by atoms with Crippen LogP contribution in [0.1, 0.15) is 17.0 Å². The van der Waals surface area contributed by atoms with Gasteiger partial charge in [-0.25, -0.2) is 0 Å². The van der Waals surface area contributed by atoms with Crippen LogP contribution in [0.15, 0.2) is 23.8 Å². The van der Waals surface area contributed by atoms with Gasteiger partial charge in [0.1, 0.15) is 12.2 Å². The van der Waals surface area contributed by atoms with Crippen molar-refractivity contribution >= 4 is 0 Å². The number of hydrogen-bond acceptors (Lipinski definition) is 6. The fourth-order valence-corrected chi connectivity index (χ4v) is 4.30. The normalized spacial score (nSPS) is 35.3. The molecule has 4 rings (SSSR count). The first-order valence-electron chi connectivity index (χ1n) is 7.79. The van der Waals surface area contributed by atoms with Gasteiger partial charge in [0.25, 0.3) is 0 Å². The van der Waals surface area contributed by atoms with Crippen molar-refractivity contribution in [2.75, 3.05) is 20.8 Å². The van der Waals surface area contributed by atoms with E-state index in [1.807, 2.05) is 18.2 Å². The molecule has 1 aromatic rings. The number of methoxy groups -OCH3 is 2. The Hall–Kier alpha value is -1.60. The van der Waals surface area contributed by atoms with Gasteiger partial charge in [-0.1, -0.05) is 6.08 Å². The summed E-state index contributed by atoms with van der Waals surface area (Å²) >= 11 is 0. The molecule has 0 bridgehead atoms. The van der Waals surface area contributed by atoms with Crippen molar-refractivity contribution < 1.29 is 24.8 Å². The molecule has 0 radical (unpaired) electrons. The van der Waals surface area contributed by atoms with E-state index in [4.69, 9.17) is 9.47 Å². The highest BCUT2D eigenvalue weighted by atomic mass is 16.5. The summed E-state index contributed by atoms with van der Waals surface area (Å²) in [5.41, 5.74) is 2.82. The lowest BCUT2D eigenvalue weighted by Gasteiger charge is -2.48. The van der Waals surface area contributed by atoms with Gasteiger partial charge in [0.05, 0.1) is 20.3 Å². The van der Waals surface area contributed by atoms with Crippen LogP contribution in [0.2, 0.25) is 0 Å². The molecular weight excluding hydrogens is 298 g/mol. The molecule has 0 spiro atoms. The number of fused-ring (bicyclic) bond motifs is 2. The molecule has 124 valence electrons. The third-order valence-electron chi connectivity index (χ3n) is 5.40. The van der Waals surface area contributed by atoms with Gasteiger partial charge >= 0.3 is 0 Å². The summed E-state index contributed by atoms with van der Waals surface area (Å²) in [4.78, 5) is 2.21. The molecule has 2 heterocycles.